The van der Waals surface area contributed by atoms with E-state index in [0.29, 0.717) is 12.1 Å². The summed E-state index contributed by atoms with van der Waals surface area (Å²) in [5.41, 5.74) is 0. The van der Waals surface area contributed by atoms with Crippen molar-refractivity contribution >= 4 is 0 Å². The van der Waals surface area contributed by atoms with Gasteiger partial charge in [0.05, 0.1) is 6.10 Å². The first-order chi connectivity index (χ1) is 7.84. The van der Waals surface area contributed by atoms with Crippen LogP contribution in [0, 0.1) is 0 Å². The minimum Gasteiger partial charge on any atom is -0.378 e. The standard InChI is InChI=1S/C13H26N2O/c1-12-11-13(5-10-16-12)14-6-4-9-15-7-2-3-8-15/h12-14H,2-11H2,1H3. The molecule has 0 radical (unpaired) electrons. The van der Waals surface area contributed by atoms with Crippen LogP contribution in [0.1, 0.15) is 39.0 Å². The Labute approximate surface area is 99.5 Å². The molecule has 3 heteroatoms. The summed E-state index contributed by atoms with van der Waals surface area (Å²) in [6.07, 6.45) is 6.93. The fourth-order valence-electron chi connectivity index (χ4n) is 2.80. The average Bonchev–Trinajstić information content (AvgIpc) is 2.77. The number of nitrogens with zero attached hydrogens (tertiary/aromatic N) is 1. The molecular weight excluding hydrogens is 200 g/mol. The Morgan fingerprint density at radius 1 is 1.31 bits per heavy atom. The van der Waals surface area contributed by atoms with Gasteiger partial charge in [-0.05, 0) is 65.2 Å². The van der Waals surface area contributed by atoms with Crippen LogP contribution in [0.25, 0.3) is 0 Å². The number of hydrogen-bond acceptors (Lipinski definition) is 3. The summed E-state index contributed by atoms with van der Waals surface area (Å²) in [6, 6.07) is 0.697. The smallest absolute Gasteiger partial charge is 0.0561 e. The van der Waals surface area contributed by atoms with Crippen molar-refractivity contribution in [2.75, 3.05) is 32.8 Å². The van der Waals surface area contributed by atoms with Crippen molar-refractivity contribution in [2.45, 2.75) is 51.2 Å². The molecule has 2 atom stereocenters. The van der Waals surface area contributed by atoms with E-state index in [2.05, 4.69) is 17.1 Å². The topological polar surface area (TPSA) is 24.5 Å². The lowest BCUT2D eigenvalue weighted by atomic mass is 10.0. The van der Waals surface area contributed by atoms with Gasteiger partial charge in [0, 0.05) is 12.6 Å². The Balaban J connectivity index is 1.50. The van der Waals surface area contributed by atoms with Crippen molar-refractivity contribution < 1.29 is 4.74 Å². The van der Waals surface area contributed by atoms with Gasteiger partial charge >= 0.3 is 0 Å². The molecule has 0 aromatic carbocycles. The number of nitrogens with one attached hydrogen (secondary N) is 1. The summed E-state index contributed by atoms with van der Waals surface area (Å²) < 4.78 is 5.55. The molecular formula is C13H26N2O. The molecule has 0 aromatic rings. The van der Waals surface area contributed by atoms with Gasteiger partial charge in [0.15, 0.2) is 0 Å². The molecule has 2 aliphatic rings. The first kappa shape index (κ1) is 12.3. The molecule has 2 rings (SSSR count). The Morgan fingerprint density at radius 2 is 2.12 bits per heavy atom. The highest BCUT2D eigenvalue weighted by atomic mass is 16.5. The molecule has 0 amide bonds. The van der Waals surface area contributed by atoms with Crippen LogP contribution in [0.15, 0.2) is 0 Å². The summed E-state index contributed by atoms with van der Waals surface area (Å²) >= 11 is 0. The zero-order valence-electron chi connectivity index (χ0n) is 10.6. The van der Waals surface area contributed by atoms with E-state index in [9.17, 15) is 0 Å². The molecule has 0 aliphatic carbocycles. The Hall–Kier alpha value is -0.120. The van der Waals surface area contributed by atoms with Crippen LogP contribution in [0.2, 0.25) is 0 Å². The van der Waals surface area contributed by atoms with E-state index >= 15 is 0 Å². The van der Waals surface area contributed by atoms with Gasteiger partial charge in [-0.2, -0.15) is 0 Å². The molecule has 0 saturated carbocycles. The molecule has 94 valence electrons. The van der Waals surface area contributed by atoms with Crippen LogP contribution < -0.4 is 5.32 Å². The lowest BCUT2D eigenvalue weighted by Gasteiger charge is -2.28. The van der Waals surface area contributed by atoms with Crippen LogP contribution in [-0.2, 0) is 4.74 Å². The number of ether oxygens (including phenoxy) is 1. The predicted molar refractivity (Wildman–Crippen MR) is 66.7 cm³/mol. The molecule has 0 aromatic heterocycles. The monoisotopic (exact) mass is 226 g/mol. The van der Waals surface area contributed by atoms with E-state index in [-0.39, 0.29) is 0 Å². The second kappa shape index (κ2) is 6.58. The third kappa shape index (κ3) is 4.04. The number of rotatable bonds is 5. The SMILES string of the molecule is CC1CC(NCCCN2CCCC2)CCO1. The van der Waals surface area contributed by atoms with Crippen LogP contribution in [0.3, 0.4) is 0 Å². The summed E-state index contributed by atoms with van der Waals surface area (Å²) in [6.45, 7) is 8.23. The third-order valence-corrected chi connectivity index (χ3v) is 3.77. The number of likely N-dealkylation sites (tertiary alicyclic amines) is 1. The van der Waals surface area contributed by atoms with Gasteiger partial charge in [-0.25, -0.2) is 0 Å². The third-order valence-electron chi connectivity index (χ3n) is 3.77. The highest BCUT2D eigenvalue weighted by Crippen LogP contribution is 2.13. The van der Waals surface area contributed by atoms with Crippen molar-refractivity contribution in [3.05, 3.63) is 0 Å². The van der Waals surface area contributed by atoms with Crippen molar-refractivity contribution in [3.8, 4) is 0 Å². The van der Waals surface area contributed by atoms with Crippen molar-refractivity contribution in [2.24, 2.45) is 0 Å². The molecule has 0 spiro atoms. The van der Waals surface area contributed by atoms with Crippen LogP contribution in [-0.4, -0.2) is 49.8 Å². The van der Waals surface area contributed by atoms with E-state index < -0.39 is 0 Å². The molecule has 2 aliphatic heterocycles. The lowest BCUT2D eigenvalue weighted by Crippen LogP contribution is -2.39. The highest BCUT2D eigenvalue weighted by molar-refractivity contribution is 4.75. The first-order valence-electron chi connectivity index (χ1n) is 6.92. The molecule has 1 N–H and O–H groups in total. The molecule has 2 unspecified atom stereocenters. The summed E-state index contributed by atoms with van der Waals surface area (Å²) in [5.74, 6) is 0. The molecule has 2 fully saturated rings. The van der Waals surface area contributed by atoms with Gasteiger partial charge < -0.3 is 15.0 Å². The van der Waals surface area contributed by atoms with Crippen molar-refractivity contribution in [3.63, 3.8) is 0 Å². The van der Waals surface area contributed by atoms with Gasteiger partial charge in [0.2, 0.25) is 0 Å². The van der Waals surface area contributed by atoms with E-state index in [0.717, 1.165) is 6.61 Å². The maximum Gasteiger partial charge on any atom is 0.0561 e. The highest BCUT2D eigenvalue weighted by Gasteiger charge is 2.18. The lowest BCUT2D eigenvalue weighted by molar-refractivity contribution is 0.0133. The van der Waals surface area contributed by atoms with Gasteiger partial charge in [-0.3, -0.25) is 0 Å². The molecule has 0 bridgehead atoms. The van der Waals surface area contributed by atoms with Gasteiger partial charge in [-0.15, -0.1) is 0 Å². The first-order valence-corrected chi connectivity index (χ1v) is 6.92. The summed E-state index contributed by atoms with van der Waals surface area (Å²) in [5, 5.41) is 3.67. The molecule has 3 nitrogen and oxygen atoms in total. The fourth-order valence-corrected chi connectivity index (χ4v) is 2.80. The quantitative estimate of drug-likeness (QED) is 0.721. The number of hydrogen-bond donors (Lipinski definition) is 1. The maximum absolute atomic E-state index is 5.55. The zero-order valence-corrected chi connectivity index (χ0v) is 10.6. The summed E-state index contributed by atoms with van der Waals surface area (Å²) in [7, 11) is 0. The Bertz CT molecular complexity index is 192. The van der Waals surface area contributed by atoms with Gasteiger partial charge in [0.1, 0.15) is 0 Å². The van der Waals surface area contributed by atoms with Crippen molar-refractivity contribution in [1.29, 1.82) is 0 Å². The minimum absolute atomic E-state index is 0.449. The van der Waals surface area contributed by atoms with Gasteiger partial charge in [0.25, 0.3) is 0 Å². The van der Waals surface area contributed by atoms with Crippen LogP contribution >= 0.6 is 0 Å². The predicted octanol–water partition coefficient (Wildman–Crippen LogP) is 1.63. The van der Waals surface area contributed by atoms with E-state index in [4.69, 9.17) is 4.74 Å². The van der Waals surface area contributed by atoms with Crippen LogP contribution in [0.5, 0.6) is 0 Å². The summed E-state index contributed by atoms with van der Waals surface area (Å²) in [4.78, 5) is 2.59. The van der Waals surface area contributed by atoms with Crippen LogP contribution in [0.4, 0.5) is 0 Å². The fraction of sp³-hybridized carbons (Fsp3) is 1.00. The normalized spacial score (nSPS) is 32.1. The molecule has 2 saturated heterocycles. The maximum atomic E-state index is 5.55. The van der Waals surface area contributed by atoms with Crippen molar-refractivity contribution in [1.82, 2.24) is 10.2 Å². The van der Waals surface area contributed by atoms with E-state index in [1.165, 1.54) is 58.3 Å². The Morgan fingerprint density at radius 3 is 2.88 bits per heavy atom. The second-order valence-corrected chi connectivity index (χ2v) is 5.26. The molecule has 2 heterocycles. The minimum atomic E-state index is 0.449. The van der Waals surface area contributed by atoms with E-state index in [1.54, 1.807) is 0 Å². The Kier molecular flexibility index (Phi) is 5.07. The zero-order chi connectivity index (χ0) is 11.2. The van der Waals surface area contributed by atoms with Gasteiger partial charge in [-0.1, -0.05) is 0 Å². The van der Waals surface area contributed by atoms with E-state index in [1.807, 2.05) is 0 Å². The molecule has 16 heavy (non-hydrogen) atoms. The largest absolute Gasteiger partial charge is 0.378 e. The second-order valence-electron chi connectivity index (χ2n) is 5.26. The average molecular weight is 226 g/mol.